The average molecular weight is 510 g/mol. The zero-order valence-electron chi connectivity index (χ0n) is 20.8. The Kier molecular flexibility index (Phi) is 8.22. The van der Waals surface area contributed by atoms with E-state index >= 15 is 0 Å². The van der Waals surface area contributed by atoms with Crippen LogP contribution in [0.25, 0.3) is 0 Å². The number of benzene rings is 1. The van der Waals surface area contributed by atoms with Crippen molar-refractivity contribution in [2.45, 2.75) is 32.3 Å². The second-order valence-corrected chi connectivity index (χ2v) is 9.16. The summed E-state index contributed by atoms with van der Waals surface area (Å²) < 4.78 is 5.87. The van der Waals surface area contributed by atoms with Crippen LogP contribution in [0.2, 0.25) is 0 Å². The van der Waals surface area contributed by atoms with Gasteiger partial charge in [0.1, 0.15) is 11.9 Å². The van der Waals surface area contributed by atoms with Crippen LogP contribution in [0, 0.1) is 5.21 Å². The molecule has 4 rings (SSSR count). The number of hydrogen-bond acceptors (Lipinski definition) is 7. The molecular formula is C26H31N5O6. The number of pyridine rings is 1. The first-order valence-corrected chi connectivity index (χ1v) is 12.4. The Morgan fingerprint density at radius 2 is 1.73 bits per heavy atom. The minimum absolute atomic E-state index is 0.0102. The summed E-state index contributed by atoms with van der Waals surface area (Å²) in [5.41, 5.74) is 1.73. The lowest BCUT2D eigenvalue weighted by molar-refractivity contribution is -0.607. The molecule has 0 aliphatic carbocycles. The molecule has 11 heteroatoms. The Morgan fingerprint density at radius 1 is 1.03 bits per heavy atom. The molecule has 3 heterocycles. The highest BCUT2D eigenvalue weighted by Crippen LogP contribution is 2.26. The molecule has 2 aliphatic heterocycles. The number of amides is 3. The van der Waals surface area contributed by atoms with Gasteiger partial charge in [0.2, 0.25) is 5.91 Å². The summed E-state index contributed by atoms with van der Waals surface area (Å²) in [6, 6.07) is 12.2. The molecule has 37 heavy (non-hydrogen) atoms. The molecule has 3 amide bonds. The van der Waals surface area contributed by atoms with Crippen LogP contribution in [0.3, 0.4) is 0 Å². The maximum atomic E-state index is 12.6. The summed E-state index contributed by atoms with van der Waals surface area (Å²) in [7, 11) is 0. The van der Waals surface area contributed by atoms with Gasteiger partial charge in [0, 0.05) is 69.1 Å². The van der Waals surface area contributed by atoms with E-state index in [0.717, 1.165) is 11.4 Å². The summed E-state index contributed by atoms with van der Waals surface area (Å²) in [6.07, 6.45) is 1.64. The van der Waals surface area contributed by atoms with Crippen LogP contribution in [0.1, 0.15) is 36.7 Å². The van der Waals surface area contributed by atoms with Gasteiger partial charge >= 0.3 is 12.0 Å². The molecule has 2 saturated heterocycles. The van der Waals surface area contributed by atoms with Crippen molar-refractivity contribution in [1.82, 2.24) is 10.2 Å². The molecule has 0 unspecified atom stereocenters. The molecular weight excluding hydrogens is 478 g/mol. The lowest BCUT2D eigenvalue weighted by Gasteiger charge is -2.36. The molecule has 0 spiro atoms. The van der Waals surface area contributed by atoms with E-state index in [1.165, 1.54) is 19.2 Å². The quantitative estimate of drug-likeness (QED) is 0.401. The third-order valence-corrected chi connectivity index (χ3v) is 6.53. The number of anilines is 2. The topological polar surface area (TPSA) is 126 Å². The molecule has 11 nitrogen and oxygen atoms in total. The highest BCUT2D eigenvalue weighted by molar-refractivity contribution is 5.91. The summed E-state index contributed by atoms with van der Waals surface area (Å²) in [5.74, 6) is -0.482. The van der Waals surface area contributed by atoms with E-state index in [-0.39, 0.29) is 36.5 Å². The SMILES string of the molecule is CC(=O)CC[C@H]1CN(c2ccc(N3CCN(C(=O)CCNC(=O)c4cccc[n+]4[O-])CC3)cc2)C(=O)O1. The number of carbonyl (C=O) groups is 4. The molecule has 0 bridgehead atoms. The van der Waals surface area contributed by atoms with Gasteiger partial charge in [0.25, 0.3) is 5.69 Å². The Morgan fingerprint density at radius 3 is 2.41 bits per heavy atom. The van der Waals surface area contributed by atoms with Crippen LogP contribution in [-0.4, -0.2) is 74.0 Å². The van der Waals surface area contributed by atoms with Gasteiger partial charge in [-0.2, -0.15) is 4.73 Å². The lowest BCUT2D eigenvalue weighted by Crippen LogP contribution is -2.49. The first-order valence-electron chi connectivity index (χ1n) is 12.4. The van der Waals surface area contributed by atoms with Crippen LogP contribution in [-0.2, 0) is 14.3 Å². The molecule has 1 N–H and O–H groups in total. The van der Waals surface area contributed by atoms with Crippen LogP contribution in [0.15, 0.2) is 48.7 Å². The second-order valence-electron chi connectivity index (χ2n) is 9.16. The molecule has 2 fully saturated rings. The zero-order chi connectivity index (χ0) is 26.4. The summed E-state index contributed by atoms with van der Waals surface area (Å²) >= 11 is 0. The van der Waals surface area contributed by atoms with Gasteiger partial charge in [-0.05, 0) is 43.7 Å². The number of cyclic esters (lactones) is 1. The molecule has 0 radical (unpaired) electrons. The lowest BCUT2D eigenvalue weighted by atomic mass is 10.1. The van der Waals surface area contributed by atoms with Crippen molar-refractivity contribution in [3.05, 3.63) is 59.6 Å². The minimum Gasteiger partial charge on any atom is -0.618 e. The smallest absolute Gasteiger partial charge is 0.414 e. The highest BCUT2D eigenvalue weighted by atomic mass is 16.6. The molecule has 2 aromatic rings. The van der Waals surface area contributed by atoms with Crippen LogP contribution in [0.4, 0.5) is 16.2 Å². The Labute approximate surface area is 215 Å². The fourth-order valence-electron chi connectivity index (χ4n) is 4.44. The monoisotopic (exact) mass is 509 g/mol. The number of carbonyl (C=O) groups excluding carboxylic acids is 4. The number of ether oxygens (including phenoxy) is 1. The van der Waals surface area contributed by atoms with Crippen molar-refractivity contribution in [1.29, 1.82) is 0 Å². The Hall–Kier alpha value is -4.15. The number of aromatic nitrogens is 1. The van der Waals surface area contributed by atoms with E-state index in [1.54, 1.807) is 21.9 Å². The number of hydrogen-bond donors (Lipinski definition) is 1. The predicted molar refractivity (Wildman–Crippen MR) is 135 cm³/mol. The minimum atomic E-state index is -0.509. The molecule has 2 aliphatic rings. The number of ketones is 1. The van der Waals surface area contributed by atoms with E-state index < -0.39 is 12.0 Å². The maximum Gasteiger partial charge on any atom is 0.414 e. The van der Waals surface area contributed by atoms with Crippen molar-refractivity contribution < 1.29 is 28.6 Å². The van der Waals surface area contributed by atoms with Crippen LogP contribution in [0.5, 0.6) is 0 Å². The van der Waals surface area contributed by atoms with Crippen LogP contribution < -0.4 is 19.8 Å². The average Bonchev–Trinajstić information content (AvgIpc) is 3.28. The Bertz CT molecular complexity index is 1150. The van der Waals surface area contributed by atoms with E-state index in [1.807, 2.05) is 24.3 Å². The number of nitrogens with one attached hydrogen (secondary N) is 1. The normalized spacial score (nSPS) is 17.5. The van der Waals surface area contributed by atoms with Crippen molar-refractivity contribution >= 4 is 35.1 Å². The molecule has 1 aromatic carbocycles. The molecule has 1 aromatic heterocycles. The first-order chi connectivity index (χ1) is 17.8. The van der Waals surface area contributed by atoms with E-state index in [0.29, 0.717) is 50.3 Å². The van der Waals surface area contributed by atoms with Crippen molar-refractivity contribution in [2.75, 3.05) is 49.1 Å². The van der Waals surface area contributed by atoms with Gasteiger partial charge < -0.3 is 29.9 Å². The zero-order valence-corrected chi connectivity index (χ0v) is 20.8. The number of Topliss-reactive ketones (excluding diaryl/α,β-unsaturated/α-hetero) is 1. The predicted octanol–water partition coefficient (Wildman–Crippen LogP) is 1.48. The van der Waals surface area contributed by atoms with Gasteiger partial charge in [-0.15, -0.1) is 0 Å². The van der Waals surface area contributed by atoms with E-state index in [9.17, 15) is 24.4 Å². The van der Waals surface area contributed by atoms with Gasteiger partial charge in [-0.1, -0.05) is 0 Å². The van der Waals surface area contributed by atoms with Gasteiger partial charge in [-0.3, -0.25) is 14.5 Å². The van der Waals surface area contributed by atoms with Gasteiger partial charge in [-0.25, -0.2) is 4.79 Å². The standard InChI is InChI=1S/C26H31N5O6/c1-19(32)5-10-22-18-30(26(35)37-22)21-8-6-20(7-9-21)28-14-16-29(17-15-28)24(33)11-12-27-25(34)23-4-2-3-13-31(23)36/h2-4,6-9,13,22H,5,10-12,14-18H2,1H3,(H,27,34)/t22-/m0/s1. The molecule has 0 saturated carbocycles. The summed E-state index contributed by atoms with van der Waals surface area (Å²) in [4.78, 5) is 53.7. The van der Waals surface area contributed by atoms with Gasteiger partial charge in [0.15, 0.2) is 6.20 Å². The third kappa shape index (κ3) is 6.54. The molecule has 196 valence electrons. The Balaban J connectivity index is 1.21. The summed E-state index contributed by atoms with van der Waals surface area (Å²) in [5, 5.41) is 14.3. The van der Waals surface area contributed by atoms with Crippen molar-refractivity contribution in [2.24, 2.45) is 0 Å². The van der Waals surface area contributed by atoms with Crippen molar-refractivity contribution in [3.8, 4) is 0 Å². The van der Waals surface area contributed by atoms with Gasteiger partial charge in [0.05, 0.1) is 6.54 Å². The summed E-state index contributed by atoms with van der Waals surface area (Å²) in [6.45, 7) is 4.55. The largest absolute Gasteiger partial charge is 0.618 e. The number of piperazine rings is 1. The second kappa shape index (κ2) is 11.7. The molecule has 1 atom stereocenters. The number of rotatable bonds is 9. The fourth-order valence-corrected chi connectivity index (χ4v) is 4.44. The van der Waals surface area contributed by atoms with E-state index in [2.05, 4.69) is 10.2 Å². The van der Waals surface area contributed by atoms with E-state index in [4.69, 9.17) is 4.74 Å². The fraction of sp³-hybridized carbons (Fsp3) is 0.423. The van der Waals surface area contributed by atoms with Crippen LogP contribution >= 0.6 is 0 Å². The third-order valence-electron chi connectivity index (χ3n) is 6.53. The first kappa shape index (κ1) is 25.9. The van der Waals surface area contributed by atoms with Crippen molar-refractivity contribution in [3.63, 3.8) is 0 Å². The number of nitrogens with zero attached hydrogens (tertiary/aromatic N) is 4. The highest BCUT2D eigenvalue weighted by Gasteiger charge is 2.32. The maximum absolute atomic E-state index is 12.6.